The molecule has 0 spiro atoms. The zero-order valence-corrected chi connectivity index (χ0v) is 17.4. The van der Waals surface area contributed by atoms with Gasteiger partial charge in [0.15, 0.2) is 0 Å². The van der Waals surface area contributed by atoms with E-state index in [0.717, 1.165) is 18.4 Å². The maximum absolute atomic E-state index is 12.3. The first kappa shape index (κ1) is 21.6. The average Bonchev–Trinajstić information content (AvgIpc) is 2.65. The number of halogens is 2. The molecule has 0 aliphatic carbocycles. The Bertz CT molecular complexity index is 799. The van der Waals surface area contributed by atoms with E-state index in [1.165, 1.54) is 11.8 Å². The van der Waals surface area contributed by atoms with Crippen LogP contribution in [-0.4, -0.2) is 24.1 Å². The van der Waals surface area contributed by atoms with Gasteiger partial charge in [-0.25, -0.2) is 0 Å². The molecule has 2 N–H and O–H groups in total. The lowest BCUT2D eigenvalue weighted by Gasteiger charge is -2.11. The maximum Gasteiger partial charge on any atom is 0.253 e. The molecule has 0 unspecified atom stereocenters. The van der Waals surface area contributed by atoms with E-state index in [1.54, 1.807) is 36.4 Å². The van der Waals surface area contributed by atoms with Crippen LogP contribution in [0.3, 0.4) is 0 Å². The van der Waals surface area contributed by atoms with Crippen molar-refractivity contribution in [1.82, 2.24) is 5.32 Å². The topological polar surface area (TPSA) is 58.2 Å². The Kier molecular flexibility index (Phi) is 8.98. The van der Waals surface area contributed by atoms with Crippen LogP contribution in [0, 0.1) is 0 Å². The molecule has 2 aromatic carbocycles. The summed E-state index contributed by atoms with van der Waals surface area (Å²) in [5, 5.41) is 6.70. The molecule has 0 aliphatic rings. The van der Waals surface area contributed by atoms with Gasteiger partial charge < -0.3 is 10.6 Å². The van der Waals surface area contributed by atoms with E-state index >= 15 is 0 Å². The van der Waals surface area contributed by atoms with Crippen LogP contribution in [-0.2, 0) is 10.5 Å². The standard InChI is InChI=1S/C20H22Cl2N2O2S/c1-2-3-10-23-20(26)15-6-4-5-7-18(15)24-19(25)13-27-12-14-8-9-16(21)17(22)11-14/h4-9,11H,2-3,10,12-13H2,1H3,(H,23,26)(H,24,25). The van der Waals surface area contributed by atoms with Crippen molar-refractivity contribution in [1.29, 1.82) is 0 Å². The Morgan fingerprint density at radius 2 is 1.85 bits per heavy atom. The van der Waals surface area contributed by atoms with Crippen LogP contribution in [0.1, 0.15) is 35.7 Å². The number of unbranched alkanes of at least 4 members (excludes halogenated alkanes) is 1. The molecule has 0 aromatic heterocycles. The molecule has 144 valence electrons. The fraction of sp³-hybridized carbons (Fsp3) is 0.300. The molecule has 2 amide bonds. The zero-order valence-electron chi connectivity index (χ0n) is 15.1. The third kappa shape index (κ3) is 7.09. The molecule has 7 heteroatoms. The molecule has 0 saturated heterocycles. The summed E-state index contributed by atoms with van der Waals surface area (Å²) < 4.78 is 0. The Balaban J connectivity index is 1.88. The van der Waals surface area contributed by atoms with Gasteiger partial charge in [0, 0.05) is 12.3 Å². The number of para-hydroxylation sites is 1. The minimum absolute atomic E-state index is 0.158. The minimum atomic E-state index is -0.178. The maximum atomic E-state index is 12.3. The number of hydrogen-bond acceptors (Lipinski definition) is 3. The Morgan fingerprint density at radius 3 is 2.59 bits per heavy atom. The molecule has 0 saturated carbocycles. The molecular formula is C20H22Cl2N2O2S. The molecule has 0 fully saturated rings. The van der Waals surface area contributed by atoms with Gasteiger partial charge in [-0.05, 0) is 36.2 Å². The number of hydrogen-bond donors (Lipinski definition) is 2. The smallest absolute Gasteiger partial charge is 0.253 e. The summed E-state index contributed by atoms with van der Waals surface area (Å²) in [6.45, 7) is 2.69. The van der Waals surface area contributed by atoms with Crippen LogP contribution < -0.4 is 10.6 Å². The second-order valence-electron chi connectivity index (χ2n) is 5.94. The number of thioether (sulfide) groups is 1. The fourth-order valence-electron chi connectivity index (χ4n) is 2.34. The SMILES string of the molecule is CCCCNC(=O)c1ccccc1NC(=O)CSCc1ccc(Cl)c(Cl)c1. The lowest BCUT2D eigenvalue weighted by molar-refractivity contribution is -0.113. The van der Waals surface area contributed by atoms with E-state index in [-0.39, 0.29) is 17.6 Å². The highest BCUT2D eigenvalue weighted by atomic mass is 35.5. The van der Waals surface area contributed by atoms with Crippen molar-refractivity contribution in [2.24, 2.45) is 0 Å². The van der Waals surface area contributed by atoms with Crippen molar-refractivity contribution in [3.05, 3.63) is 63.6 Å². The van der Waals surface area contributed by atoms with Crippen LogP contribution >= 0.6 is 35.0 Å². The lowest BCUT2D eigenvalue weighted by atomic mass is 10.1. The van der Waals surface area contributed by atoms with Gasteiger partial charge in [0.25, 0.3) is 5.91 Å². The number of rotatable bonds is 9. The molecule has 0 radical (unpaired) electrons. The predicted octanol–water partition coefficient (Wildman–Crippen LogP) is 5.40. The monoisotopic (exact) mass is 424 g/mol. The van der Waals surface area contributed by atoms with Crippen LogP contribution in [0.5, 0.6) is 0 Å². The van der Waals surface area contributed by atoms with E-state index in [1.807, 2.05) is 6.07 Å². The lowest BCUT2D eigenvalue weighted by Crippen LogP contribution is -2.26. The van der Waals surface area contributed by atoms with Crippen LogP contribution in [0.15, 0.2) is 42.5 Å². The van der Waals surface area contributed by atoms with Gasteiger partial charge in [0.2, 0.25) is 5.91 Å². The van der Waals surface area contributed by atoms with E-state index in [9.17, 15) is 9.59 Å². The largest absolute Gasteiger partial charge is 0.352 e. The predicted molar refractivity (Wildman–Crippen MR) is 115 cm³/mol. The number of benzene rings is 2. The first-order valence-electron chi connectivity index (χ1n) is 8.70. The van der Waals surface area contributed by atoms with Gasteiger partial charge in [-0.15, -0.1) is 11.8 Å². The average molecular weight is 425 g/mol. The van der Waals surface area contributed by atoms with Crippen molar-refractivity contribution < 1.29 is 9.59 Å². The summed E-state index contributed by atoms with van der Waals surface area (Å²) in [4.78, 5) is 24.5. The van der Waals surface area contributed by atoms with Crippen molar-refractivity contribution in [3.8, 4) is 0 Å². The Hall–Kier alpha value is -1.69. The highest BCUT2D eigenvalue weighted by Gasteiger charge is 2.12. The molecule has 2 aromatic rings. The van der Waals surface area contributed by atoms with E-state index < -0.39 is 0 Å². The van der Waals surface area contributed by atoms with Gasteiger partial charge >= 0.3 is 0 Å². The van der Waals surface area contributed by atoms with Crippen molar-refractivity contribution in [2.75, 3.05) is 17.6 Å². The van der Waals surface area contributed by atoms with E-state index in [4.69, 9.17) is 23.2 Å². The number of carbonyl (C=O) groups is 2. The molecule has 0 heterocycles. The quantitative estimate of drug-likeness (QED) is 0.530. The van der Waals surface area contributed by atoms with Gasteiger partial charge in [-0.2, -0.15) is 0 Å². The summed E-state index contributed by atoms with van der Waals surface area (Å²) in [6, 6.07) is 12.4. The summed E-state index contributed by atoms with van der Waals surface area (Å²) in [6.07, 6.45) is 1.93. The third-order valence-electron chi connectivity index (χ3n) is 3.75. The number of amides is 2. The summed E-state index contributed by atoms with van der Waals surface area (Å²) in [5.41, 5.74) is 1.99. The van der Waals surface area contributed by atoms with Crippen LogP contribution in [0.25, 0.3) is 0 Å². The molecule has 2 rings (SSSR count). The summed E-state index contributed by atoms with van der Waals surface area (Å²) >= 11 is 13.4. The Morgan fingerprint density at radius 1 is 1.07 bits per heavy atom. The molecule has 4 nitrogen and oxygen atoms in total. The van der Waals surface area contributed by atoms with Gasteiger partial charge in [-0.3, -0.25) is 9.59 Å². The van der Waals surface area contributed by atoms with Crippen LogP contribution in [0.2, 0.25) is 10.0 Å². The second-order valence-corrected chi connectivity index (χ2v) is 7.74. The highest BCUT2D eigenvalue weighted by molar-refractivity contribution is 7.99. The van der Waals surface area contributed by atoms with Crippen molar-refractivity contribution in [3.63, 3.8) is 0 Å². The van der Waals surface area contributed by atoms with Gasteiger partial charge in [-0.1, -0.05) is 54.7 Å². The Labute approximate surface area is 174 Å². The second kappa shape index (κ2) is 11.2. The summed E-state index contributed by atoms with van der Waals surface area (Å²) in [5.74, 6) is 0.576. The van der Waals surface area contributed by atoms with Crippen LogP contribution in [0.4, 0.5) is 5.69 Å². The molecule has 0 bridgehead atoms. The van der Waals surface area contributed by atoms with Crippen molar-refractivity contribution >= 4 is 52.5 Å². The minimum Gasteiger partial charge on any atom is -0.352 e. The number of anilines is 1. The first-order chi connectivity index (χ1) is 13.0. The van der Waals surface area contributed by atoms with E-state index in [0.29, 0.717) is 33.6 Å². The fourth-order valence-corrected chi connectivity index (χ4v) is 3.44. The molecule has 27 heavy (non-hydrogen) atoms. The summed E-state index contributed by atoms with van der Waals surface area (Å²) in [7, 11) is 0. The van der Waals surface area contributed by atoms with Gasteiger partial charge in [0.1, 0.15) is 0 Å². The van der Waals surface area contributed by atoms with Crippen molar-refractivity contribution in [2.45, 2.75) is 25.5 Å². The van der Waals surface area contributed by atoms with Gasteiger partial charge in [0.05, 0.1) is 27.0 Å². The highest BCUT2D eigenvalue weighted by Crippen LogP contribution is 2.24. The normalized spacial score (nSPS) is 10.5. The number of carbonyl (C=O) groups excluding carboxylic acids is 2. The molecule has 0 atom stereocenters. The number of nitrogens with one attached hydrogen (secondary N) is 2. The third-order valence-corrected chi connectivity index (χ3v) is 5.49. The molecule has 0 aliphatic heterocycles. The molecular weight excluding hydrogens is 403 g/mol. The van der Waals surface area contributed by atoms with E-state index in [2.05, 4.69) is 17.6 Å². The first-order valence-corrected chi connectivity index (χ1v) is 10.6. The zero-order chi connectivity index (χ0) is 19.6.